The van der Waals surface area contributed by atoms with Crippen molar-refractivity contribution in [1.29, 1.82) is 0 Å². The third-order valence-corrected chi connectivity index (χ3v) is 4.17. The fourth-order valence-corrected chi connectivity index (χ4v) is 2.44. The van der Waals surface area contributed by atoms with Crippen LogP contribution in [-0.2, 0) is 16.6 Å². The highest BCUT2D eigenvalue weighted by molar-refractivity contribution is 7.89. The van der Waals surface area contributed by atoms with E-state index >= 15 is 0 Å². The molecule has 0 unspecified atom stereocenters. The Balaban J connectivity index is 2.72. The van der Waals surface area contributed by atoms with E-state index in [2.05, 4.69) is 16.6 Å². The predicted octanol–water partition coefficient (Wildman–Crippen LogP) is 0.498. The number of hydrogen-bond acceptors (Lipinski definition) is 4. The van der Waals surface area contributed by atoms with Crippen LogP contribution < -0.4 is 10.5 Å². The second-order valence-corrected chi connectivity index (χ2v) is 6.08. The van der Waals surface area contributed by atoms with Gasteiger partial charge in [0.25, 0.3) is 0 Å². The molecule has 0 aliphatic rings. The summed E-state index contributed by atoms with van der Waals surface area (Å²) in [6.07, 6.45) is 0. The molecule has 0 atom stereocenters. The second-order valence-electron chi connectivity index (χ2n) is 2.99. The molecule has 0 fully saturated rings. The van der Waals surface area contributed by atoms with Crippen molar-refractivity contribution in [1.82, 2.24) is 4.72 Å². The van der Waals surface area contributed by atoms with E-state index in [0.717, 1.165) is 10.4 Å². The molecule has 3 N–H and O–H groups in total. The van der Waals surface area contributed by atoms with Gasteiger partial charge in [0.05, 0.1) is 12.3 Å². The fourth-order valence-electron chi connectivity index (χ4n) is 1.01. The van der Waals surface area contributed by atoms with Gasteiger partial charge in [0.15, 0.2) is 0 Å². The van der Waals surface area contributed by atoms with Crippen molar-refractivity contribution in [3.05, 3.63) is 21.9 Å². The zero-order chi connectivity index (χ0) is 12.0. The molecule has 0 aromatic carbocycles. The Kier molecular flexibility index (Phi) is 4.96. The summed E-state index contributed by atoms with van der Waals surface area (Å²) in [4.78, 5) is 0.915. The van der Waals surface area contributed by atoms with Gasteiger partial charge in [-0.2, -0.15) is 0 Å². The molecule has 0 aliphatic carbocycles. The average molecular weight is 258 g/mol. The van der Waals surface area contributed by atoms with Crippen molar-refractivity contribution in [3.8, 4) is 11.8 Å². The van der Waals surface area contributed by atoms with Gasteiger partial charge >= 0.3 is 0 Å². The predicted molar refractivity (Wildman–Crippen MR) is 66.6 cm³/mol. The molecule has 1 heterocycles. The maximum atomic E-state index is 11.3. The Morgan fingerprint density at radius 3 is 2.94 bits per heavy atom. The number of sulfonamides is 1. The normalized spacial score (nSPS) is 10.9. The van der Waals surface area contributed by atoms with E-state index in [1.165, 1.54) is 11.3 Å². The first-order valence-electron chi connectivity index (χ1n) is 4.81. The van der Waals surface area contributed by atoms with Crippen LogP contribution in [0.15, 0.2) is 11.4 Å². The minimum Gasteiger partial charge on any atom is -0.320 e. The first kappa shape index (κ1) is 13.2. The van der Waals surface area contributed by atoms with Crippen LogP contribution in [0.1, 0.15) is 17.4 Å². The fraction of sp³-hybridized carbons (Fsp3) is 0.400. The van der Waals surface area contributed by atoms with E-state index in [1.807, 2.05) is 11.4 Å². The lowest BCUT2D eigenvalue weighted by Crippen LogP contribution is -2.24. The van der Waals surface area contributed by atoms with E-state index in [9.17, 15) is 8.42 Å². The highest BCUT2D eigenvalue weighted by Crippen LogP contribution is 2.15. The van der Waals surface area contributed by atoms with Gasteiger partial charge in [-0.05, 0) is 18.4 Å². The van der Waals surface area contributed by atoms with E-state index in [1.54, 1.807) is 6.92 Å². The molecule has 1 aromatic rings. The quantitative estimate of drug-likeness (QED) is 0.772. The van der Waals surface area contributed by atoms with E-state index in [0.29, 0.717) is 13.1 Å². The van der Waals surface area contributed by atoms with Gasteiger partial charge in [-0.3, -0.25) is 0 Å². The van der Waals surface area contributed by atoms with Crippen LogP contribution in [0.25, 0.3) is 0 Å². The summed E-state index contributed by atoms with van der Waals surface area (Å²) in [5.74, 6) is 5.74. The van der Waals surface area contributed by atoms with Crippen LogP contribution in [0, 0.1) is 11.8 Å². The Labute approximate surface area is 99.9 Å². The van der Waals surface area contributed by atoms with Gasteiger partial charge in [-0.25, -0.2) is 13.1 Å². The second kappa shape index (κ2) is 6.01. The first-order valence-corrected chi connectivity index (χ1v) is 7.35. The molecule has 0 bridgehead atoms. The van der Waals surface area contributed by atoms with Crippen molar-refractivity contribution >= 4 is 21.4 Å². The first-order chi connectivity index (χ1) is 7.59. The minimum atomic E-state index is -3.15. The number of hydrogen-bond donors (Lipinski definition) is 2. The Morgan fingerprint density at radius 2 is 2.31 bits per heavy atom. The van der Waals surface area contributed by atoms with Crippen molar-refractivity contribution in [2.75, 3.05) is 12.3 Å². The molecule has 0 radical (unpaired) electrons. The van der Waals surface area contributed by atoms with Crippen LogP contribution in [0.3, 0.4) is 0 Å². The van der Waals surface area contributed by atoms with Gasteiger partial charge in [-0.15, -0.1) is 11.3 Å². The van der Waals surface area contributed by atoms with E-state index in [-0.39, 0.29) is 5.75 Å². The number of nitrogens with two attached hydrogens (primary N) is 1. The topological polar surface area (TPSA) is 72.2 Å². The van der Waals surface area contributed by atoms with Crippen LogP contribution in [0.5, 0.6) is 0 Å². The molecule has 0 saturated carbocycles. The van der Waals surface area contributed by atoms with Gasteiger partial charge < -0.3 is 5.73 Å². The third kappa shape index (κ3) is 3.94. The molecular formula is C10H14N2O2S2. The van der Waals surface area contributed by atoms with Crippen LogP contribution in [0.2, 0.25) is 0 Å². The van der Waals surface area contributed by atoms with Gasteiger partial charge in [0, 0.05) is 17.0 Å². The largest absolute Gasteiger partial charge is 0.320 e. The summed E-state index contributed by atoms with van der Waals surface area (Å²) >= 11 is 1.48. The summed E-state index contributed by atoms with van der Waals surface area (Å²) in [5, 5.41) is 1.89. The van der Waals surface area contributed by atoms with Crippen LogP contribution in [-0.4, -0.2) is 20.7 Å². The molecule has 88 valence electrons. The van der Waals surface area contributed by atoms with Crippen molar-refractivity contribution < 1.29 is 8.42 Å². The number of thiophene rings is 1. The molecule has 0 saturated heterocycles. The maximum Gasteiger partial charge on any atom is 0.211 e. The van der Waals surface area contributed by atoms with Gasteiger partial charge in [0.1, 0.15) is 0 Å². The Morgan fingerprint density at radius 1 is 1.56 bits per heavy atom. The summed E-state index contributed by atoms with van der Waals surface area (Å²) in [5.41, 5.74) is 6.12. The molecule has 4 nitrogen and oxygen atoms in total. The van der Waals surface area contributed by atoms with Crippen molar-refractivity contribution in [2.45, 2.75) is 13.5 Å². The number of nitrogens with one attached hydrogen (secondary N) is 1. The third-order valence-electron chi connectivity index (χ3n) is 1.90. The van der Waals surface area contributed by atoms with Crippen molar-refractivity contribution in [3.63, 3.8) is 0 Å². The monoisotopic (exact) mass is 258 g/mol. The molecule has 1 aromatic heterocycles. The highest BCUT2D eigenvalue weighted by atomic mass is 32.2. The molecule has 16 heavy (non-hydrogen) atoms. The summed E-state index contributed by atoms with van der Waals surface area (Å²) in [7, 11) is -3.15. The molecule has 1 rings (SSSR count). The zero-order valence-corrected chi connectivity index (χ0v) is 10.6. The molecule has 0 spiro atoms. The molecule has 0 amide bonds. The van der Waals surface area contributed by atoms with E-state index in [4.69, 9.17) is 5.73 Å². The standard InChI is InChI=1S/C10H14N2O2S2/c1-2-16(13,14)12-8-10-9(4-3-6-11)5-7-15-10/h5,7,12H,2,6,8,11H2,1H3. The van der Waals surface area contributed by atoms with E-state index < -0.39 is 10.0 Å². The molecule has 0 aliphatic heterocycles. The SMILES string of the molecule is CCS(=O)(=O)NCc1sccc1C#CCN. The van der Waals surface area contributed by atoms with Gasteiger partial charge in [-0.1, -0.05) is 11.8 Å². The van der Waals surface area contributed by atoms with Crippen molar-refractivity contribution in [2.24, 2.45) is 5.73 Å². The summed E-state index contributed by atoms with van der Waals surface area (Å²) in [6.45, 7) is 2.20. The minimum absolute atomic E-state index is 0.0855. The highest BCUT2D eigenvalue weighted by Gasteiger charge is 2.08. The number of rotatable bonds is 4. The Hall–Kier alpha value is -0.870. The average Bonchev–Trinajstić information content (AvgIpc) is 2.71. The lowest BCUT2D eigenvalue weighted by molar-refractivity contribution is 0.583. The lowest BCUT2D eigenvalue weighted by atomic mass is 10.2. The summed E-state index contributed by atoms with van der Waals surface area (Å²) in [6, 6.07) is 1.86. The zero-order valence-electron chi connectivity index (χ0n) is 8.99. The Bertz CT molecular complexity index is 494. The summed E-state index contributed by atoms with van der Waals surface area (Å²) < 4.78 is 25.0. The maximum absolute atomic E-state index is 11.3. The van der Waals surface area contributed by atoms with Crippen LogP contribution in [0.4, 0.5) is 0 Å². The lowest BCUT2D eigenvalue weighted by Gasteiger charge is -2.02. The smallest absolute Gasteiger partial charge is 0.211 e. The van der Waals surface area contributed by atoms with Gasteiger partial charge in [0.2, 0.25) is 10.0 Å². The molecular weight excluding hydrogens is 244 g/mol. The van der Waals surface area contributed by atoms with Crippen LogP contribution >= 0.6 is 11.3 Å². The molecule has 6 heteroatoms.